The number of carbonyl (C=O) groups is 1. The Morgan fingerprint density at radius 1 is 1.42 bits per heavy atom. The van der Waals surface area contributed by atoms with Crippen molar-refractivity contribution in [2.75, 3.05) is 0 Å². The molecule has 4 nitrogen and oxygen atoms in total. The van der Waals surface area contributed by atoms with Crippen molar-refractivity contribution < 1.29 is 9.90 Å². The van der Waals surface area contributed by atoms with Crippen LogP contribution in [0.1, 0.15) is 29.2 Å². The molecule has 0 bridgehead atoms. The van der Waals surface area contributed by atoms with Crippen LogP contribution in [0.5, 0.6) is 0 Å². The minimum absolute atomic E-state index is 0.0986. The van der Waals surface area contributed by atoms with Gasteiger partial charge in [0.25, 0.3) is 0 Å². The van der Waals surface area contributed by atoms with Crippen LogP contribution in [0.4, 0.5) is 0 Å². The molecule has 0 fully saturated rings. The molecule has 2 aromatic rings. The zero-order valence-electron chi connectivity index (χ0n) is 10.6. The molecule has 100 valence electrons. The SMILES string of the molecule is Cc1[nH]c(CCC(=O)O)nc1Cc1ccccc1Br. The molecule has 0 spiro atoms. The summed E-state index contributed by atoms with van der Waals surface area (Å²) in [5, 5.41) is 8.67. The van der Waals surface area contributed by atoms with Crippen molar-refractivity contribution >= 4 is 21.9 Å². The summed E-state index contributed by atoms with van der Waals surface area (Å²) in [6.45, 7) is 1.96. The highest BCUT2D eigenvalue weighted by Crippen LogP contribution is 2.20. The van der Waals surface area contributed by atoms with Crippen LogP contribution in [0.25, 0.3) is 0 Å². The summed E-state index contributed by atoms with van der Waals surface area (Å²) in [6.07, 6.45) is 1.27. The molecule has 0 amide bonds. The molecule has 0 saturated carbocycles. The van der Waals surface area contributed by atoms with E-state index < -0.39 is 5.97 Å². The Labute approximate surface area is 120 Å². The Hall–Kier alpha value is -1.62. The van der Waals surface area contributed by atoms with E-state index in [2.05, 4.69) is 32.0 Å². The van der Waals surface area contributed by atoms with Gasteiger partial charge in [0, 0.05) is 23.0 Å². The average molecular weight is 323 g/mol. The van der Waals surface area contributed by atoms with E-state index in [0.717, 1.165) is 28.1 Å². The second-order valence-corrected chi connectivity index (χ2v) is 5.27. The number of nitrogens with zero attached hydrogens (tertiary/aromatic N) is 1. The van der Waals surface area contributed by atoms with E-state index in [1.54, 1.807) is 0 Å². The normalized spacial score (nSPS) is 10.6. The molecule has 0 aliphatic rings. The van der Waals surface area contributed by atoms with Gasteiger partial charge in [-0.15, -0.1) is 0 Å². The zero-order chi connectivity index (χ0) is 13.8. The lowest BCUT2D eigenvalue weighted by molar-refractivity contribution is -0.137. The van der Waals surface area contributed by atoms with E-state index in [9.17, 15) is 4.79 Å². The number of H-pyrrole nitrogens is 1. The fourth-order valence-electron chi connectivity index (χ4n) is 1.90. The molecule has 0 saturated heterocycles. The topological polar surface area (TPSA) is 66.0 Å². The van der Waals surface area contributed by atoms with E-state index in [-0.39, 0.29) is 6.42 Å². The van der Waals surface area contributed by atoms with Gasteiger partial charge in [-0.3, -0.25) is 4.79 Å². The average Bonchev–Trinajstić information content (AvgIpc) is 2.71. The predicted octanol–water partition coefficient (Wildman–Crippen LogP) is 3.09. The Morgan fingerprint density at radius 2 is 2.16 bits per heavy atom. The van der Waals surface area contributed by atoms with Crippen LogP contribution in [0.3, 0.4) is 0 Å². The number of carboxylic acid groups (broad SMARTS) is 1. The third-order valence-corrected chi connectivity index (χ3v) is 3.70. The van der Waals surface area contributed by atoms with Crippen molar-refractivity contribution in [3.63, 3.8) is 0 Å². The number of hydrogen-bond donors (Lipinski definition) is 2. The van der Waals surface area contributed by atoms with Crippen molar-refractivity contribution in [1.82, 2.24) is 9.97 Å². The van der Waals surface area contributed by atoms with Gasteiger partial charge in [-0.25, -0.2) is 4.98 Å². The number of hydrogen-bond acceptors (Lipinski definition) is 2. The summed E-state index contributed by atoms with van der Waals surface area (Å²) in [6, 6.07) is 8.02. The monoisotopic (exact) mass is 322 g/mol. The summed E-state index contributed by atoms with van der Waals surface area (Å²) < 4.78 is 1.06. The van der Waals surface area contributed by atoms with Crippen LogP contribution in [-0.4, -0.2) is 21.0 Å². The number of imidazole rings is 1. The highest BCUT2D eigenvalue weighted by molar-refractivity contribution is 9.10. The first-order valence-electron chi connectivity index (χ1n) is 6.06. The smallest absolute Gasteiger partial charge is 0.303 e. The Balaban J connectivity index is 2.13. The van der Waals surface area contributed by atoms with Gasteiger partial charge in [0.05, 0.1) is 12.1 Å². The fourth-order valence-corrected chi connectivity index (χ4v) is 2.33. The molecule has 0 aliphatic carbocycles. The third kappa shape index (κ3) is 3.67. The first kappa shape index (κ1) is 13.8. The van der Waals surface area contributed by atoms with Crippen LogP contribution in [0.15, 0.2) is 28.7 Å². The molecule has 1 aromatic carbocycles. The van der Waals surface area contributed by atoms with Crippen molar-refractivity contribution in [1.29, 1.82) is 0 Å². The van der Waals surface area contributed by atoms with Crippen molar-refractivity contribution in [2.45, 2.75) is 26.2 Å². The lowest BCUT2D eigenvalue weighted by Gasteiger charge is -2.02. The van der Waals surface area contributed by atoms with Crippen LogP contribution in [0, 0.1) is 6.92 Å². The van der Waals surface area contributed by atoms with Crippen molar-refractivity contribution in [3.05, 3.63) is 51.5 Å². The lowest BCUT2D eigenvalue weighted by Crippen LogP contribution is -1.99. The van der Waals surface area contributed by atoms with Gasteiger partial charge in [-0.05, 0) is 18.6 Å². The predicted molar refractivity (Wildman–Crippen MR) is 76.2 cm³/mol. The van der Waals surface area contributed by atoms with E-state index >= 15 is 0 Å². The van der Waals surface area contributed by atoms with Crippen LogP contribution in [0.2, 0.25) is 0 Å². The van der Waals surface area contributed by atoms with Crippen LogP contribution >= 0.6 is 15.9 Å². The molecule has 5 heteroatoms. The second-order valence-electron chi connectivity index (χ2n) is 4.42. The summed E-state index contributed by atoms with van der Waals surface area (Å²) in [5.41, 5.74) is 3.13. The number of aromatic nitrogens is 2. The highest BCUT2D eigenvalue weighted by Gasteiger charge is 2.10. The maximum atomic E-state index is 10.6. The van der Waals surface area contributed by atoms with Gasteiger partial charge in [0.1, 0.15) is 5.82 Å². The molecule has 0 aliphatic heterocycles. The van der Waals surface area contributed by atoms with E-state index in [1.165, 1.54) is 5.56 Å². The molecule has 1 aromatic heterocycles. The highest BCUT2D eigenvalue weighted by atomic mass is 79.9. The van der Waals surface area contributed by atoms with Gasteiger partial charge in [-0.2, -0.15) is 0 Å². The summed E-state index contributed by atoms with van der Waals surface area (Å²) >= 11 is 3.52. The minimum atomic E-state index is -0.804. The summed E-state index contributed by atoms with van der Waals surface area (Å²) in [4.78, 5) is 18.2. The number of benzene rings is 1. The van der Waals surface area contributed by atoms with Gasteiger partial charge in [-0.1, -0.05) is 34.1 Å². The van der Waals surface area contributed by atoms with E-state index in [1.807, 2.05) is 25.1 Å². The fraction of sp³-hybridized carbons (Fsp3) is 0.286. The second kappa shape index (κ2) is 6.02. The van der Waals surface area contributed by atoms with Gasteiger partial charge in [0.2, 0.25) is 0 Å². The first-order chi connectivity index (χ1) is 9.06. The Bertz CT molecular complexity index is 593. The van der Waals surface area contributed by atoms with Gasteiger partial charge >= 0.3 is 5.97 Å². The molecular formula is C14H15BrN2O2. The number of rotatable bonds is 5. The molecule has 2 N–H and O–H groups in total. The van der Waals surface area contributed by atoms with Gasteiger partial charge in [0.15, 0.2) is 0 Å². The molecule has 0 atom stereocenters. The van der Waals surface area contributed by atoms with Crippen LogP contribution in [-0.2, 0) is 17.6 Å². The minimum Gasteiger partial charge on any atom is -0.481 e. The maximum absolute atomic E-state index is 10.6. The quantitative estimate of drug-likeness (QED) is 0.889. The van der Waals surface area contributed by atoms with Gasteiger partial charge < -0.3 is 10.1 Å². The van der Waals surface area contributed by atoms with E-state index in [4.69, 9.17) is 5.11 Å². The molecule has 2 rings (SSSR count). The number of aryl methyl sites for hydroxylation is 2. The Morgan fingerprint density at radius 3 is 2.84 bits per heavy atom. The Kier molecular flexibility index (Phi) is 4.37. The largest absolute Gasteiger partial charge is 0.481 e. The number of aromatic amines is 1. The molecule has 0 radical (unpaired) electrons. The molecule has 1 heterocycles. The lowest BCUT2D eigenvalue weighted by atomic mass is 10.1. The number of carboxylic acids is 1. The number of aliphatic carboxylic acids is 1. The molecule has 0 unspecified atom stereocenters. The summed E-state index contributed by atoms with van der Waals surface area (Å²) in [7, 11) is 0. The maximum Gasteiger partial charge on any atom is 0.303 e. The van der Waals surface area contributed by atoms with E-state index in [0.29, 0.717) is 6.42 Å². The van der Waals surface area contributed by atoms with Crippen molar-refractivity contribution in [2.24, 2.45) is 0 Å². The number of halogens is 1. The molecule has 19 heavy (non-hydrogen) atoms. The molecular weight excluding hydrogens is 308 g/mol. The van der Waals surface area contributed by atoms with Crippen LogP contribution < -0.4 is 0 Å². The third-order valence-electron chi connectivity index (χ3n) is 2.93. The standard InChI is InChI=1S/C14H15BrN2O2/c1-9-12(8-10-4-2-3-5-11(10)15)17-13(16-9)6-7-14(18)19/h2-5H,6-8H2,1H3,(H,16,17)(H,18,19). The number of nitrogens with one attached hydrogen (secondary N) is 1. The zero-order valence-corrected chi connectivity index (χ0v) is 12.2. The van der Waals surface area contributed by atoms with Crippen molar-refractivity contribution in [3.8, 4) is 0 Å². The first-order valence-corrected chi connectivity index (χ1v) is 6.85. The summed E-state index contributed by atoms with van der Waals surface area (Å²) in [5.74, 6) is -0.0663.